The van der Waals surface area contributed by atoms with Crippen LogP contribution in [0.4, 0.5) is 10.1 Å². The van der Waals surface area contributed by atoms with Crippen molar-refractivity contribution in [2.24, 2.45) is 0 Å². The van der Waals surface area contributed by atoms with E-state index >= 15 is 0 Å². The fraction of sp³-hybridized carbons (Fsp3) is 0.0526. The molecule has 0 radical (unpaired) electrons. The lowest BCUT2D eigenvalue weighted by Gasteiger charge is -2.11. The maximum atomic E-state index is 13.0. The summed E-state index contributed by atoms with van der Waals surface area (Å²) >= 11 is 0. The van der Waals surface area contributed by atoms with E-state index in [0.717, 1.165) is 6.26 Å². The molecule has 6 nitrogen and oxygen atoms in total. The molecule has 3 aromatic rings. The summed E-state index contributed by atoms with van der Waals surface area (Å²) in [6.45, 7) is 0. The lowest BCUT2D eigenvalue weighted by Crippen LogP contribution is -2.13. The number of carbonyl (C=O) groups excluding carboxylic acids is 1. The van der Waals surface area contributed by atoms with Gasteiger partial charge in [-0.1, -0.05) is 6.07 Å². The van der Waals surface area contributed by atoms with Crippen molar-refractivity contribution >= 4 is 21.4 Å². The van der Waals surface area contributed by atoms with Crippen molar-refractivity contribution in [1.82, 2.24) is 4.98 Å². The number of sulfone groups is 1. The Morgan fingerprint density at radius 1 is 1.07 bits per heavy atom. The molecule has 0 aliphatic heterocycles. The third kappa shape index (κ3) is 4.68. The molecule has 8 heteroatoms. The van der Waals surface area contributed by atoms with E-state index in [1.165, 1.54) is 54.7 Å². The minimum atomic E-state index is -3.40. The van der Waals surface area contributed by atoms with Crippen LogP contribution in [-0.4, -0.2) is 25.6 Å². The van der Waals surface area contributed by atoms with E-state index in [0.29, 0.717) is 5.69 Å². The van der Waals surface area contributed by atoms with Crippen molar-refractivity contribution in [3.05, 3.63) is 78.2 Å². The fourth-order valence-electron chi connectivity index (χ4n) is 2.26. The van der Waals surface area contributed by atoms with Crippen molar-refractivity contribution < 1.29 is 22.3 Å². The Kier molecular flexibility index (Phi) is 5.18. The number of amides is 1. The minimum absolute atomic E-state index is 0.0164. The third-order valence-corrected chi connectivity index (χ3v) is 4.68. The summed E-state index contributed by atoms with van der Waals surface area (Å²) in [6, 6.07) is 14.3. The predicted molar refractivity (Wildman–Crippen MR) is 98.2 cm³/mol. The Labute approximate surface area is 155 Å². The first-order valence-electron chi connectivity index (χ1n) is 7.83. The molecule has 0 saturated carbocycles. The summed E-state index contributed by atoms with van der Waals surface area (Å²) < 4.78 is 42.0. The number of hydrogen-bond acceptors (Lipinski definition) is 5. The Bertz CT molecular complexity index is 1080. The Hall–Kier alpha value is -3.26. The van der Waals surface area contributed by atoms with Crippen molar-refractivity contribution in [3.63, 3.8) is 0 Å². The summed E-state index contributed by atoms with van der Waals surface area (Å²) in [4.78, 5) is 16.7. The molecular weight excluding hydrogens is 371 g/mol. The largest absolute Gasteiger partial charge is 0.438 e. The topological polar surface area (TPSA) is 85.4 Å². The average molecular weight is 386 g/mol. The van der Waals surface area contributed by atoms with Crippen LogP contribution in [0.2, 0.25) is 0 Å². The monoisotopic (exact) mass is 386 g/mol. The van der Waals surface area contributed by atoms with Gasteiger partial charge in [0.15, 0.2) is 9.84 Å². The van der Waals surface area contributed by atoms with Gasteiger partial charge in [-0.05, 0) is 54.6 Å². The molecule has 27 heavy (non-hydrogen) atoms. The summed E-state index contributed by atoms with van der Waals surface area (Å²) in [6.07, 6.45) is 2.54. The van der Waals surface area contributed by atoms with E-state index in [4.69, 9.17) is 4.74 Å². The standard InChI is InChI=1S/C19H15FN2O4S/c1-27(24,25)16-5-2-4-15(12-16)26-19-17(6-3-11-21-19)18(23)22-14-9-7-13(20)8-10-14/h2-12H,1H3,(H,22,23). The zero-order valence-corrected chi connectivity index (χ0v) is 15.0. The van der Waals surface area contributed by atoms with Crippen LogP contribution in [-0.2, 0) is 9.84 Å². The minimum Gasteiger partial charge on any atom is -0.438 e. The molecule has 1 heterocycles. The summed E-state index contributed by atoms with van der Waals surface area (Å²) in [5.41, 5.74) is 0.557. The molecule has 1 amide bonds. The van der Waals surface area contributed by atoms with E-state index < -0.39 is 21.6 Å². The number of rotatable bonds is 5. The van der Waals surface area contributed by atoms with Crippen LogP contribution >= 0.6 is 0 Å². The number of nitrogens with zero attached hydrogens (tertiary/aromatic N) is 1. The second-order valence-corrected chi connectivity index (χ2v) is 7.68. The van der Waals surface area contributed by atoms with Crippen molar-refractivity contribution in [1.29, 1.82) is 0 Å². The van der Waals surface area contributed by atoms with Gasteiger partial charge in [-0.2, -0.15) is 0 Å². The zero-order chi connectivity index (χ0) is 19.4. The lowest BCUT2D eigenvalue weighted by molar-refractivity contribution is 0.102. The van der Waals surface area contributed by atoms with Crippen LogP contribution in [0.15, 0.2) is 71.8 Å². The zero-order valence-electron chi connectivity index (χ0n) is 14.2. The number of pyridine rings is 1. The second kappa shape index (κ2) is 7.55. The molecule has 0 fully saturated rings. The maximum absolute atomic E-state index is 13.0. The van der Waals surface area contributed by atoms with Crippen molar-refractivity contribution in [2.45, 2.75) is 4.90 Å². The summed E-state index contributed by atoms with van der Waals surface area (Å²) in [5, 5.41) is 2.63. The van der Waals surface area contributed by atoms with E-state index in [9.17, 15) is 17.6 Å². The SMILES string of the molecule is CS(=O)(=O)c1cccc(Oc2ncccc2C(=O)Nc2ccc(F)cc2)c1. The maximum Gasteiger partial charge on any atom is 0.261 e. The number of aromatic nitrogens is 1. The van der Waals surface area contributed by atoms with E-state index in [-0.39, 0.29) is 22.1 Å². The molecule has 1 aromatic heterocycles. The molecule has 3 rings (SSSR count). The highest BCUT2D eigenvalue weighted by molar-refractivity contribution is 7.90. The van der Waals surface area contributed by atoms with Gasteiger partial charge < -0.3 is 10.1 Å². The number of nitrogens with one attached hydrogen (secondary N) is 1. The molecule has 0 aliphatic rings. The van der Waals surface area contributed by atoms with Gasteiger partial charge in [0, 0.05) is 18.1 Å². The van der Waals surface area contributed by atoms with Crippen LogP contribution in [0.5, 0.6) is 11.6 Å². The molecule has 0 bridgehead atoms. The molecule has 2 aromatic carbocycles. The van der Waals surface area contributed by atoms with Crippen molar-refractivity contribution in [2.75, 3.05) is 11.6 Å². The molecule has 0 unspecified atom stereocenters. The highest BCUT2D eigenvalue weighted by atomic mass is 32.2. The smallest absolute Gasteiger partial charge is 0.261 e. The van der Waals surface area contributed by atoms with Gasteiger partial charge >= 0.3 is 0 Å². The normalized spacial score (nSPS) is 11.0. The number of anilines is 1. The number of hydrogen-bond donors (Lipinski definition) is 1. The Morgan fingerprint density at radius 2 is 1.81 bits per heavy atom. The van der Waals surface area contributed by atoms with Gasteiger partial charge in [0.25, 0.3) is 5.91 Å². The van der Waals surface area contributed by atoms with E-state index in [1.807, 2.05) is 0 Å². The molecule has 138 valence electrons. The number of halogens is 1. The number of ether oxygens (including phenoxy) is 1. The van der Waals surface area contributed by atoms with Gasteiger partial charge in [0.05, 0.1) is 4.90 Å². The van der Waals surface area contributed by atoms with Gasteiger partial charge in [-0.15, -0.1) is 0 Å². The summed E-state index contributed by atoms with van der Waals surface area (Å²) in [5.74, 6) is -0.664. The molecule has 0 atom stereocenters. The van der Waals surface area contributed by atoms with Crippen molar-refractivity contribution in [3.8, 4) is 11.6 Å². The summed E-state index contributed by atoms with van der Waals surface area (Å²) in [7, 11) is -3.40. The van der Waals surface area contributed by atoms with E-state index in [1.54, 1.807) is 12.1 Å². The van der Waals surface area contributed by atoms with Crippen LogP contribution in [0.3, 0.4) is 0 Å². The second-order valence-electron chi connectivity index (χ2n) is 5.67. The third-order valence-electron chi connectivity index (χ3n) is 3.57. The quantitative estimate of drug-likeness (QED) is 0.723. The van der Waals surface area contributed by atoms with Crippen LogP contribution in [0.1, 0.15) is 10.4 Å². The molecule has 1 N–H and O–H groups in total. The van der Waals surface area contributed by atoms with Gasteiger partial charge in [0.1, 0.15) is 17.1 Å². The van der Waals surface area contributed by atoms with Crippen LogP contribution in [0, 0.1) is 5.82 Å². The van der Waals surface area contributed by atoms with Crippen LogP contribution < -0.4 is 10.1 Å². The first-order valence-corrected chi connectivity index (χ1v) is 9.72. The average Bonchev–Trinajstić information content (AvgIpc) is 2.63. The highest BCUT2D eigenvalue weighted by Crippen LogP contribution is 2.26. The number of carbonyl (C=O) groups is 1. The highest BCUT2D eigenvalue weighted by Gasteiger charge is 2.16. The molecule has 0 aliphatic carbocycles. The molecular formula is C19H15FN2O4S. The van der Waals surface area contributed by atoms with Gasteiger partial charge in [-0.25, -0.2) is 17.8 Å². The van der Waals surface area contributed by atoms with Gasteiger partial charge in [0.2, 0.25) is 5.88 Å². The van der Waals surface area contributed by atoms with Gasteiger partial charge in [-0.3, -0.25) is 4.79 Å². The predicted octanol–water partition coefficient (Wildman–Crippen LogP) is 3.67. The molecule has 0 saturated heterocycles. The Balaban J connectivity index is 1.86. The number of benzene rings is 2. The first-order chi connectivity index (χ1) is 12.8. The Morgan fingerprint density at radius 3 is 2.52 bits per heavy atom. The first kappa shape index (κ1) is 18.5. The van der Waals surface area contributed by atoms with Crippen LogP contribution in [0.25, 0.3) is 0 Å². The molecule has 0 spiro atoms. The fourth-order valence-corrected chi connectivity index (χ4v) is 2.91. The lowest BCUT2D eigenvalue weighted by atomic mass is 10.2. The van der Waals surface area contributed by atoms with E-state index in [2.05, 4.69) is 10.3 Å².